The minimum Gasteiger partial charge on any atom is -0.461 e. The Morgan fingerprint density at radius 2 is 0.857 bits per heavy atom. The van der Waals surface area contributed by atoms with Crippen LogP contribution in [0.2, 0.25) is 0 Å². The molecule has 0 N–H and O–H groups in total. The Hall–Kier alpha value is -3.18. The van der Waals surface area contributed by atoms with E-state index in [-0.39, 0.29) is 31.6 Å². The van der Waals surface area contributed by atoms with E-state index in [0.29, 0.717) is 13.0 Å². The van der Waals surface area contributed by atoms with Gasteiger partial charge in [-0.05, 0) is 77.0 Å². The largest absolute Gasteiger partial charge is 0.461 e. The van der Waals surface area contributed by atoms with Gasteiger partial charge in [0.2, 0.25) is 0 Å². The molecule has 0 aliphatic rings. The van der Waals surface area contributed by atoms with Gasteiger partial charge in [0.25, 0.3) is 0 Å². The molecule has 0 aromatic rings. The molecule has 1 atom stereocenters. The number of ether oxygens (including phenoxy) is 3. The number of allylic oxidation sites excluding steroid dienone is 15. The van der Waals surface area contributed by atoms with Crippen LogP contribution in [-0.4, -0.2) is 37.9 Å². The van der Waals surface area contributed by atoms with Gasteiger partial charge < -0.3 is 14.2 Å². The van der Waals surface area contributed by atoms with Crippen LogP contribution in [0, 0.1) is 0 Å². The summed E-state index contributed by atoms with van der Waals surface area (Å²) in [5.74, 6) is -0.563. The van der Waals surface area contributed by atoms with Crippen molar-refractivity contribution < 1.29 is 23.8 Å². The highest BCUT2D eigenvalue weighted by atomic mass is 16.6. The zero-order chi connectivity index (χ0) is 40.7. The van der Waals surface area contributed by atoms with Crippen LogP contribution in [0.3, 0.4) is 0 Å². The maximum atomic E-state index is 12.7. The van der Waals surface area contributed by atoms with Crippen LogP contribution < -0.4 is 0 Å². The Labute approximate surface area is 345 Å². The second kappa shape index (κ2) is 46.2. The first-order valence-corrected chi connectivity index (χ1v) is 22.8. The van der Waals surface area contributed by atoms with Gasteiger partial charge in [0.15, 0.2) is 6.10 Å². The van der Waals surface area contributed by atoms with Gasteiger partial charge in [-0.1, -0.05) is 195 Å². The Kier molecular flexibility index (Phi) is 43.6. The van der Waals surface area contributed by atoms with Crippen molar-refractivity contribution in [3.8, 4) is 0 Å². The number of unbranched alkanes of at least 4 members (excludes halogenated alkanes) is 14. The fourth-order valence-electron chi connectivity index (χ4n) is 5.83. The van der Waals surface area contributed by atoms with Crippen LogP contribution in [0.4, 0.5) is 0 Å². The lowest BCUT2D eigenvalue weighted by Crippen LogP contribution is -2.30. The molecule has 0 amide bonds. The first-order valence-electron chi connectivity index (χ1n) is 22.8. The lowest BCUT2D eigenvalue weighted by atomic mass is 10.1. The van der Waals surface area contributed by atoms with E-state index in [4.69, 9.17) is 14.2 Å². The summed E-state index contributed by atoms with van der Waals surface area (Å²) in [5, 5.41) is 0. The molecule has 0 fully saturated rings. The highest BCUT2D eigenvalue weighted by Crippen LogP contribution is 2.13. The molecule has 318 valence electrons. The van der Waals surface area contributed by atoms with Crippen LogP contribution in [-0.2, 0) is 23.8 Å². The van der Waals surface area contributed by atoms with Gasteiger partial charge in [0, 0.05) is 13.0 Å². The van der Waals surface area contributed by atoms with Crippen molar-refractivity contribution in [3.63, 3.8) is 0 Å². The maximum Gasteiger partial charge on any atom is 0.309 e. The summed E-state index contributed by atoms with van der Waals surface area (Å²) in [4.78, 5) is 25.2. The molecule has 0 aliphatic heterocycles. The number of rotatable bonds is 40. The van der Waals surface area contributed by atoms with E-state index in [1.54, 1.807) is 0 Å². The van der Waals surface area contributed by atoms with Crippen LogP contribution in [0.15, 0.2) is 97.2 Å². The third-order valence-electron chi connectivity index (χ3n) is 9.15. The summed E-state index contributed by atoms with van der Waals surface area (Å²) in [6.45, 7) is 7.42. The monoisotopic (exact) mass is 777 g/mol. The molecule has 0 radical (unpaired) electrons. The predicted octanol–water partition coefficient (Wildman–Crippen LogP) is 15.1. The summed E-state index contributed by atoms with van der Waals surface area (Å²) in [6, 6.07) is 0. The highest BCUT2D eigenvalue weighted by Gasteiger charge is 2.17. The van der Waals surface area contributed by atoms with Crippen molar-refractivity contribution in [3.05, 3.63) is 97.2 Å². The Balaban J connectivity index is 4.44. The van der Waals surface area contributed by atoms with Crippen LogP contribution in [0.5, 0.6) is 0 Å². The van der Waals surface area contributed by atoms with Gasteiger partial charge in [0.05, 0.1) is 13.0 Å². The molecule has 0 aromatic carbocycles. The number of hydrogen-bond acceptors (Lipinski definition) is 5. The maximum absolute atomic E-state index is 12.7. The molecule has 0 aliphatic carbocycles. The molecule has 1 unspecified atom stereocenters. The van der Waals surface area contributed by atoms with Crippen molar-refractivity contribution in [1.82, 2.24) is 0 Å². The Bertz CT molecular complexity index is 1110. The lowest BCUT2D eigenvalue weighted by Gasteiger charge is -2.18. The van der Waals surface area contributed by atoms with E-state index >= 15 is 0 Å². The first-order chi connectivity index (χ1) is 27.6. The summed E-state index contributed by atoms with van der Waals surface area (Å²) in [7, 11) is 0. The molecule has 0 aromatic heterocycles. The Morgan fingerprint density at radius 1 is 0.429 bits per heavy atom. The topological polar surface area (TPSA) is 61.8 Å². The molecule has 56 heavy (non-hydrogen) atoms. The molecule has 5 nitrogen and oxygen atoms in total. The molecule has 0 spiro atoms. The lowest BCUT2D eigenvalue weighted by molar-refractivity contribution is -0.162. The molecule has 0 saturated carbocycles. The molecule has 5 heteroatoms. The van der Waals surface area contributed by atoms with E-state index < -0.39 is 6.10 Å². The van der Waals surface area contributed by atoms with Gasteiger partial charge in [-0.25, -0.2) is 0 Å². The molecule has 0 bridgehead atoms. The predicted molar refractivity (Wildman–Crippen MR) is 242 cm³/mol. The summed E-state index contributed by atoms with van der Waals surface area (Å²) in [6.07, 6.45) is 61.5. The zero-order valence-corrected chi connectivity index (χ0v) is 36.4. The smallest absolute Gasteiger partial charge is 0.309 e. The Morgan fingerprint density at radius 3 is 1.38 bits per heavy atom. The van der Waals surface area contributed by atoms with E-state index in [9.17, 15) is 9.59 Å². The number of hydrogen-bond donors (Lipinski definition) is 0. The summed E-state index contributed by atoms with van der Waals surface area (Å²) >= 11 is 0. The second-order valence-electron chi connectivity index (χ2n) is 14.6. The molecular weight excluding hydrogens is 693 g/mol. The van der Waals surface area contributed by atoms with E-state index in [1.165, 1.54) is 57.8 Å². The standard InChI is InChI=1S/C51H84O5/c1-4-7-10-13-16-19-22-24-26-27-30-32-35-38-41-44-50(52)55-48-49(56-51(53)45-42-39-36-33-29-21-18-15-12-9-6-3)47-54-46-43-40-37-34-31-28-25-23-20-17-14-11-8-5-2/h7-8,10-11,16-17,19-20,24-26,28,30,32,38,41,49H,4-6,9,12-15,18,21-23,27,29,31,33-37,39-40,42-48H2,1-3H3/b10-7-,11-8-,19-16-,20-17-,26-24-,28-25-,32-30-,41-38-. The van der Waals surface area contributed by atoms with Crippen molar-refractivity contribution in [2.24, 2.45) is 0 Å². The van der Waals surface area contributed by atoms with Crippen molar-refractivity contribution in [2.75, 3.05) is 19.8 Å². The molecular formula is C51H84O5. The SMILES string of the molecule is CC/C=C\C/C=C\C/C=C\C/C=C\C/C=C\CC(=O)OCC(COCCCCCC/C=C\C/C=C\C/C=C\CC)OC(=O)CCCCCCCCCCCCC. The van der Waals surface area contributed by atoms with Gasteiger partial charge in [-0.2, -0.15) is 0 Å². The quantitative estimate of drug-likeness (QED) is 0.0352. The van der Waals surface area contributed by atoms with E-state index in [0.717, 1.165) is 96.3 Å². The first kappa shape index (κ1) is 52.8. The number of carbonyl (C=O) groups excluding carboxylic acids is 2. The average molecular weight is 777 g/mol. The molecule has 0 rings (SSSR count). The second-order valence-corrected chi connectivity index (χ2v) is 14.6. The van der Waals surface area contributed by atoms with Gasteiger partial charge >= 0.3 is 11.9 Å². The molecule has 0 heterocycles. The number of carbonyl (C=O) groups is 2. The minimum absolute atomic E-state index is 0.0184. The van der Waals surface area contributed by atoms with Crippen LogP contribution in [0.25, 0.3) is 0 Å². The fourth-order valence-corrected chi connectivity index (χ4v) is 5.83. The third kappa shape index (κ3) is 43.5. The highest BCUT2D eigenvalue weighted by molar-refractivity contribution is 5.71. The normalized spacial score (nSPS) is 13.1. The third-order valence-corrected chi connectivity index (χ3v) is 9.15. The zero-order valence-electron chi connectivity index (χ0n) is 36.4. The van der Waals surface area contributed by atoms with Crippen LogP contribution >= 0.6 is 0 Å². The number of esters is 2. The van der Waals surface area contributed by atoms with Crippen molar-refractivity contribution in [1.29, 1.82) is 0 Å². The van der Waals surface area contributed by atoms with Gasteiger partial charge in [0.1, 0.15) is 6.61 Å². The van der Waals surface area contributed by atoms with E-state index in [2.05, 4.69) is 106 Å². The van der Waals surface area contributed by atoms with Gasteiger partial charge in [-0.15, -0.1) is 0 Å². The fraction of sp³-hybridized carbons (Fsp3) is 0.647. The minimum atomic E-state index is -0.589. The molecule has 0 saturated heterocycles. The summed E-state index contributed by atoms with van der Waals surface area (Å²) < 4.78 is 17.2. The van der Waals surface area contributed by atoms with Gasteiger partial charge in [-0.3, -0.25) is 9.59 Å². The summed E-state index contributed by atoms with van der Waals surface area (Å²) in [5.41, 5.74) is 0. The average Bonchev–Trinajstić information content (AvgIpc) is 3.20. The van der Waals surface area contributed by atoms with Crippen molar-refractivity contribution in [2.45, 2.75) is 194 Å². The van der Waals surface area contributed by atoms with Crippen molar-refractivity contribution >= 4 is 11.9 Å². The van der Waals surface area contributed by atoms with Crippen LogP contribution in [0.1, 0.15) is 188 Å². The van der Waals surface area contributed by atoms with E-state index in [1.807, 2.05) is 12.2 Å².